The number of amides is 3. The summed E-state index contributed by atoms with van der Waals surface area (Å²) in [5, 5.41) is 9.32. The van der Waals surface area contributed by atoms with Gasteiger partial charge in [-0.05, 0) is 79.0 Å². The largest absolute Gasteiger partial charge is 0.481 e. The van der Waals surface area contributed by atoms with Crippen molar-refractivity contribution >= 4 is 33.7 Å². The molecule has 0 bridgehead atoms. The van der Waals surface area contributed by atoms with E-state index in [-0.39, 0.29) is 54.5 Å². The second-order valence-corrected chi connectivity index (χ2v) is 13.9. The standard InChI is InChI=1S/C34H35N3O7S/c38-31(39)19-26-17-27(36(32(26)40)14-6-9-22-7-2-1-3-8-22)20-35-45(43,44)28-13-12-24-15-23(16-25(24)18-28)21-37-33(41)29-10-4-5-11-30(29)34(37)42/h1-5,7-8,10-13,18,23,26-27,35H,6,9,14-17,19-21H2,(H,38,39). The van der Waals surface area contributed by atoms with E-state index in [9.17, 15) is 32.7 Å². The number of sulfonamides is 1. The van der Waals surface area contributed by atoms with Gasteiger partial charge >= 0.3 is 5.97 Å². The van der Waals surface area contributed by atoms with E-state index >= 15 is 0 Å². The molecule has 1 fully saturated rings. The van der Waals surface area contributed by atoms with Gasteiger partial charge in [-0.3, -0.25) is 24.1 Å². The first kappa shape index (κ1) is 30.7. The van der Waals surface area contributed by atoms with E-state index in [1.54, 1.807) is 47.4 Å². The van der Waals surface area contributed by atoms with Gasteiger partial charge in [-0.2, -0.15) is 0 Å². The second kappa shape index (κ2) is 12.6. The number of carbonyl (C=O) groups is 4. The highest BCUT2D eigenvalue weighted by atomic mass is 32.2. The molecule has 10 nitrogen and oxygen atoms in total. The van der Waals surface area contributed by atoms with Crippen LogP contribution in [0, 0.1) is 11.8 Å². The molecule has 0 aromatic heterocycles. The van der Waals surface area contributed by atoms with Crippen LogP contribution in [-0.2, 0) is 38.9 Å². The maximum absolute atomic E-state index is 13.4. The van der Waals surface area contributed by atoms with Gasteiger partial charge in [0.1, 0.15) is 0 Å². The number of hydrogen-bond donors (Lipinski definition) is 2. The van der Waals surface area contributed by atoms with E-state index in [2.05, 4.69) is 4.72 Å². The smallest absolute Gasteiger partial charge is 0.304 e. The predicted molar refractivity (Wildman–Crippen MR) is 165 cm³/mol. The molecule has 11 heteroatoms. The minimum atomic E-state index is -3.93. The number of likely N-dealkylation sites (tertiary alicyclic amines) is 1. The van der Waals surface area contributed by atoms with Crippen LogP contribution < -0.4 is 4.72 Å². The Morgan fingerprint density at radius 3 is 2.24 bits per heavy atom. The van der Waals surface area contributed by atoms with Crippen LogP contribution in [-0.4, -0.2) is 72.7 Å². The summed E-state index contributed by atoms with van der Waals surface area (Å²) in [4.78, 5) is 53.2. The van der Waals surface area contributed by atoms with Gasteiger partial charge in [-0.1, -0.05) is 48.5 Å². The molecule has 0 spiro atoms. The summed E-state index contributed by atoms with van der Waals surface area (Å²) in [6, 6.07) is 21.1. The van der Waals surface area contributed by atoms with E-state index in [0.717, 1.165) is 23.1 Å². The van der Waals surface area contributed by atoms with Gasteiger partial charge in [0.05, 0.1) is 28.4 Å². The second-order valence-electron chi connectivity index (χ2n) is 12.1. The number of fused-ring (bicyclic) bond motifs is 2. The number of carboxylic acid groups (broad SMARTS) is 1. The zero-order valence-corrected chi connectivity index (χ0v) is 25.5. The number of nitrogens with one attached hydrogen (secondary N) is 1. The summed E-state index contributed by atoms with van der Waals surface area (Å²) in [5.41, 5.74) is 3.79. The van der Waals surface area contributed by atoms with Crippen molar-refractivity contribution in [3.8, 4) is 0 Å². The summed E-state index contributed by atoms with van der Waals surface area (Å²) < 4.78 is 29.5. The van der Waals surface area contributed by atoms with Crippen LogP contribution in [0.4, 0.5) is 0 Å². The molecular formula is C34H35N3O7S. The van der Waals surface area contributed by atoms with Crippen LogP contribution >= 0.6 is 0 Å². The molecule has 45 heavy (non-hydrogen) atoms. The van der Waals surface area contributed by atoms with E-state index in [1.807, 2.05) is 30.3 Å². The van der Waals surface area contributed by atoms with Gasteiger partial charge in [0.2, 0.25) is 15.9 Å². The molecule has 3 aromatic rings. The normalized spacial score (nSPS) is 21.0. The molecule has 0 radical (unpaired) electrons. The monoisotopic (exact) mass is 629 g/mol. The van der Waals surface area contributed by atoms with Crippen molar-refractivity contribution in [1.29, 1.82) is 0 Å². The molecule has 3 aromatic carbocycles. The Hall–Kier alpha value is -4.35. The van der Waals surface area contributed by atoms with Crippen LogP contribution in [0.3, 0.4) is 0 Å². The SMILES string of the molecule is O=C(O)CC1CC(CNS(=O)(=O)c2ccc3c(c2)CC(CN2C(=O)c4ccccc4C2=O)C3)N(CCCc2ccccc2)C1=O. The number of imide groups is 1. The molecule has 3 unspecified atom stereocenters. The highest BCUT2D eigenvalue weighted by Crippen LogP contribution is 2.32. The van der Waals surface area contributed by atoms with Gasteiger partial charge in [0.15, 0.2) is 0 Å². The quantitative estimate of drug-likeness (QED) is 0.293. The van der Waals surface area contributed by atoms with Crippen LogP contribution in [0.1, 0.15) is 56.7 Å². The Labute approximate surface area is 262 Å². The van der Waals surface area contributed by atoms with Crippen molar-refractivity contribution in [1.82, 2.24) is 14.5 Å². The van der Waals surface area contributed by atoms with Crippen molar-refractivity contribution in [2.75, 3.05) is 19.6 Å². The Bertz CT molecular complexity index is 1720. The lowest BCUT2D eigenvalue weighted by Gasteiger charge is -2.25. The zero-order valence-electron chi connectivity index (χ0n) is 24.7. The van der Waals surface area contributed by atoms with Gasteiger partial charge in [-0.25, -0.2) is 13.1 Å². The molecule has 1 saturated heterocycles. The van der Waals surface area contributed by atoms with E-state index in [0.29, 0.717) is 36.9 Å². The van der Waals surface area contributed by atoms with Crippen molar-refractivity contribution in [3.05, 3.63) is 101 Å². The lowest BCUT2D eigenvalue weighted by molar-refractivity contribution is -0.142. The van der Waals surface area contributed by atoms with E-state index in [1.165, 1.54) is 4.90 Å². The molecule has 2 heterocycles. The number of aliphatic carboxylic acids is 1. The number of carboxylic acids is 1. The molecule has 234 valence electrons. The average Bonchev–Trinajstić information content (AvgIpc) is 3.64. The number of carbonyl (C=O) groups excluding carboxylic acids is 3. The fourth-order valence-electron chi connectivity index (χ4n) is 6.87. The van der Waals surface area contributed by atoms with Crippen molar-refractivity contribution in [3.63, 3.8) is 0 Å². The van der Waals surface area contributed by atoms with Crippen LogP contribution in [0.2, 0.25) is 0 Å². The van der Waals surface area contributed by atoms with Crippen LogP contribution in [0.5, 0.6) is 0 Å². The topological polar surface area (TPSA) is 141 Å². The number of rotatable bonds is 12. The molecule has 2 N–H and O–H groups in total. The molecular weight excluding hydrogens is 594 g/mol. The summed E-state index contributed by atoms with van der Waals surface area (Å²) >= 11 is 0. The third-order valence-electron chi connectivity index (χ3n) is 9.09. The average molecular weight is 630 g/mol. The molecule has 6 rings (SSSR count). The summed E-state index contributed by atoms with van der Waals surface area (Å²) in [7, 11) is -3.93. The fourth-order valence-corrected chi connectivity index (χ4v) is 7.99. The molecule has 3 atom stereocenters. The maximum Gasteiger partial charge on any atom is 0.304 e. The maximum atomic E-state index is 13.4. The predicted octanol–water partition coefficient (Wildman–Crippen LogP) is 3.30. The number of aryl methyl sites for hydroxylation is 1. The fraction of sp³-hybridized carbons (Fsp3) is 0.353. The van der Waals surface area contributed by atoms with Crippen LogP contribution in [0.25, 0.3) is 0 Å². The number of hydrogen-bond acceptors (Lipinski definition) is 6. The highest BCUT2D eigenvalue weighted by molar-refractivity contribution is 7.89. The van der Waals surface area contributed by atoms with Gasteiger partial charge in [0, 0.05) is 25.7 Å². The third-order valence-corrected chi connectivity index (χ3v) is 10.5. The van der Waals surface area contributed by atoms with Crippen molar-refractivity contribution < 1.29 is 32.7 Å². The summed E-state index contributed by atoms with van der Waals surface area (Å²) in [6.45, 7) is 0.646. The summed E-state index contributed by atoms with van der Waals surface area (Å²) in [5.74, 6) is -2.62. The zero-order chi connectivity index (χ0) is 31.7. The lowest BCUT2D eigenvalue weighted by atomic mass is 10.0. The molecule has 3 amide bonds. The molecule has 0 saturated carbocycles. The lowest BCUT2D eigenvalue weighted by Crippen LogP contribution is -2.42. The highest BCUT2D eigenvalue weighted by Gasteiger charge is 2.41. The van der Waals surface area contributed by atoms with Gasteiger partial charge < -0.3 is 10.0 Å². The number of nitrogens with zero attached hydrogens (tertiary/aromatic N) is 2. The first-order valence-corrected chi connectivity index (χ1v) is 16.7. The Kier molecular flexibility index (Phi) is 8.56. The van der Waals surface area contributed by atoms with Crippen molar-refractivity contribution in [2.24, 2.45) is 11.8 Å². The minimum absolute atomic E-state index is 0.0189. The molecule has 3 aliphatic rings. The third kappa shape index (κ3) is 6.41. The Balaban J connectivity index is 1.09. The van der Waals surface area contributed by atoms with E-state index in [4.69, 9.17) is 0 Å². The first-order chi connectivity index (χ1) is 21.6. The summed E-state index contributed by atoms with van der Waals surface area (Å²) in [6.07, 6.45) is 2.56. The molecule has 1 aliphatic carbocycles. The minimum Gasteiger partial charge on any atom is -0.481 e. The Morgan fingerprint density at radius 2 is 1.56 bits per heavy atom. The van der Waals surface area contributed by atoms with E-state index < -0.39 is 28.0 Å². The van der Waals surface area contributed by atoms with Gasteiger partial charge in [-0.15, -0.1) is 0 Å². The first-order valence-electron chi connectivity index (χ1n) is 15.2. The molecule has 2 aliphatic heterocycles. The Morgan fingerprint density at radius 1 is 0.889 bits per heavy atom. The van der Waals surface area contributed by atoms with Crippen LogP contribution in [0.15, 0.2) is 77.7 Å². The number of benzene rings is 3. The van der Waals surface area contributed by atoms with Crippen molar-refractivity contribution in [2.45, 2.75) is 49.5 Å². The van der Waals surface area contributed by atoms with Gasteiger partial charge in [0.25, 0.3) is 11.8 Å².